The number of halogens is 1. The van der Waals surface area contributed by atoms with Crippen molar-refractivity contribution in [3.63, 3.8) is 0 Å². The first-order valence-corrected chi connectivity index (χ1v) is 6.18. The number of hydrogen-bond acceptors (Lipinski definition) is 3. The van der Waals surface area contributed by atoms with Crippen LogP contribution in [0, 0.1) is 5.82 Å². The predicted molar refractivity (Wildman–Crippen MR) is 66.8 cm³/mol. The molecule has 1 unspecified atom stereocenters. The highest BCUT2D eigenvalue weighted by molar-refractivity contribution is 5.23. The lowest BCUT2D eigenvalue weighted by molar-refractivity contribution is 0.305. The summed E-state index contributed by atoms with van der Waals surface area (Å²) in [6.45, 7) is 7.36. The smallest absolute Gasteiger partial charge is 0.250 e. The van der Waals surface area contributed by atoms with Gasteiger partial charge in [0.2, 0.25) is 0 Å². The SMILES string of the molecule is CCNC(C)CCc1ccnc(OCC)c1F. The number of nitrogens with zero attached hydrogens (tertiary/aromatic N) is 1. The molecule has 1 heterocycles. The van der Waals surface area contributed by atoms with Gasteiger partial charge in [-0.1, -0.05) is 6.92 Å². The van der Waals surface area contributed by atoms with Gasteiger partial charge < -0.3 is 10.1 Å². The van der Waals surface area contributed by atoms with Crippen molar-refractivity contribution in [2.24, 2.45) is 0 Å². The Labute approximate surface area is 102 Å². The van der Waals surface area contributed by atoms with Crippen LogP contribution in [0.15, 0.2) is 12.3 Å². The van der Waals surface area contributed by atoms with Gasteiger partial charge in [-0.3, -0.25) is 0 Å². The summed E-state index contributed by atoms with van der Waals surface area (Å²) >= 11 is 0. The molecule has 0 spiro atoms. The Kier molecular flexibility index (Phi) is 5.91. The third-order valence-electron chi connectivity index (χ3n) is 2.62. The molecule has 0 aromatic carbocycles. The van der Waals surface area contributed by atoms with Gasteiger partial charge in [-0.2, -0.15) is 0 Å². The third kappa shape index (κ3) is 4.30. The highest BCUT2D eigenvalue weighted by Crippen LogP contribution is 2.18. The van der Waals surface area contributed by atoms with Crippen LogP contribution in [0.2, 0.25) is 0 Å². The summed E-state index contributed by atoms with van der Waals surface area (Å²) < 4.78 is 19.0. The number of rotatable bonds is 7. The van der Waals surface area contributed by atoms with Gasteiger partial charge in [-0.25, -0.2) is 9.37 Å². The van der Waals surface area contributed by atoms with Crippen LogP contribution in [-0.4, -0.2) is 24.2 Å². The maximum atomic E-state index is 13.9. The van der Waals surface area contributed by atoms with Gasteiger partial charge in [0.05, 0.1) is 6.61 Å². The van der Waals surface area contributed by atoms with E-state index in [2.05, 4.69) is 24.1 Å². The minimum atomic E-state index is -0.321. The molecule has 0 amide bonds. The Hall–Kier alpha value is -1.16. The Morgan fingerprint density at radius 3 is 2.88 bits per heavy atom. The summed E-state index contributed by atoms with van der Waals surface area (Å²) in [5.74, 6) is -0.209. The van der Waals surface area contributed by atoms with Crippen LogP contribution in [0.5, 0.6) is 5.88 Å². The second-order valence-corrected chi connectivity index (χ2v) is 4.02. The molecule has 1 aromatic rings. The van der Waals surface area contributed by atoms with Crippen LogP contribution in [0.4, 0.5) is 4.39 Å². The molecule has 0 radical (unpaired) electrons. The van der Waals surface area contributed by atoms with E-state index in [-0.39, 0.29) is 11.7 Å². The number of ether oxygens (including phenoxy) is 1. The van der Waals surface area contributed by atoms with E-state index < -0.39 is 0 Å². The van der Waals surface area contributed by atoms with Crippen LogP contribution >= 0.6 is 0 Å². The quantitative estimate of drug-likeness (QED) is 0.795. The van der Waals surface area contributed by atoms with E-state index in [1.54, 1.807) is 12.3 Å². The first-order valence-electron chi connectivity index (χ1n) is 6.18. The zero-order valence-electron chi connectivity index (χ0n) is 10.8. The van der Waals surface area contributed by atoms with E-state index in [0.29, 0.717) is 24.6 Å². The van der Waals surface area contributed by atoms with Gasteiger partial charge in [0.25, 0.3) is 5.88 Å². The fraction of sp³-hybridized carbons (Fsp3) is 0.615. The minimum absolute atomic E-state index is 0.112. The summed E-state index contributed by atoms with van der Waals surface area (Å²) in [5, 5.41) is 3.31. The number of hydrogen-bond donors (Lipinski definition) is 1. The summed E-state index contributed by atoms with van der Waals surface area (Å²) in [6.07, 6.45) is 3.20. The number of nitrogens with one attached hydrogen (secondary N) is 1. The third-order valence-corrected chi connectivity index (χ3v) is 2.62. The Morgan fingerprint density at radius 2 is 2.24 bits per heavy atom. The molecular formula is C13H21FN2O. The lowest BCUT2D eigenvalue weighted by atomic mass is 10.1. The van der Waals surface area contributed by atoms with E-state index in [9.17, 15) is 4.39 Å². The summed E-state index contributed by atoms with van der Waals surface area (Å²) in [6, 6.07) is 2.11. The Balaban J connectivity index is 2.61. The molecule has 17 heavy (non-hydrogen) atoms. The molecule has 0 aliphatic carbocycles. The van der Waals surface area contributed by atoms with E-state index in [4.69, 9.17) is 4.74 Å². The second kappa shape index (κ2) is 7.22. The topological polar surface area (TPSA) is 34.2 Å². The first kappa shape index (κ1) is 13.9. The number of aromatic nitrogens is 1. The maximum absolute atomic E-state index is 13.9. The van der Waals surface area contributed by atoms with Crippen LogP contribution in [0.1, 0.15) is 32.8 Å². The molecule has 1 rings (SSSR count). The Bertz CT molecular complexity index is 344. The molecule has 0 bridgehead atoms. The zero-order chi connectivity index (χ0) is 12.7. The fourth-order valence-electron chi connectivity index (χ4n) is 1.72. The van der Waals surface area contributed by atoms with E-state index in [0.717, 1.165) is 13.0 Å². The summed E-state index contributed by atoms with van der Waals surface area (Å²) in [4.78, 5) is 3.88. The molecule has 4 heteroatoms. The minimum Gasteiger partial charge on any atom is -0.476 e. The molecule has 1 N–H and O–H groups in total. The van der Waals surface area contributed by atoms with E-state index in [1.165, 1.54) is 0 Å². The standard InChI is InChI=1S/C13H21FN2O/c1-4-15-10(3)6-7-11-8-9-16-13(12(11)14)17-5-2/h8-10,15H,4-7H2,1-3H3. The molecule has 0 aliphatic heterocycles. The largest absolute Gasteiger partial charge is 0.476 e. The van der Waals surface area contributed by atoms with Gasteiger partial charge >= 0.3 is 0 Å². The molecule has 0 fully saturated rings. The first-order chi connectivity index (χ1) is 8.19. The van der Waals surface area contributed by atoms with Crippen molar-refractivity contribution in [3.05, 3.63) is 23.6 Å². The number of pyridine rings is 1. The molecule has 0 saturated carbocycles. The van der Waals surface area contributed by atoms with Crippen molar-refractivity contribution in [2.45, 2.75) is 39.7 Å². The molecular weight excluding hydrogens is 219 g/mol. The lowest BCUT2D eigenvalue weighted by Crippen LogP contribution is -2.26. The van der Waals surface area contributed by atoms with Crippen LogP contribution in [-0.2, 0) is 6.42 Å². The van der Waals surface area contributed by atoms with Crippen LogP contribution < -0.4 is 10.1 Å². The molecule has 0 saturated heterocycles. The van der Waals surface area contributed by atoms with Crippen molar-refractivity contribution in [3.8, 4) is 5.88 Å². The monoisotopic (exact) mass is 240 g/mol. The van der Waals surface area contributed by atoms with Gasteiger partial charge in [0, 0.05) is 12.2 Å². The zero-order valence-corrected chi connectivity index (χ0v) is 10.8. The molecule has 0 aliphatic rings. The summed E-state index contributed by atoms with van der Waals surface area (Å²) in [5.41, 5.74) is 0.674. The fourth-order valence-corrected chi connectivity index (χ4v) is 1.72. The maximum Gasteiger partial charge on any atom is 0.250 e. The van der Waals surface area contributed by atoms with Crippen molar-refractivity contribution in [1.29, 1.82) is 0 Å². The van der Waals surface area contributed by atoms with Crippen molar-refractivity contribution < 1.29 is 9.13 Å². The van der Waals surface area contributed by atoms with E-state index in [1.807, 2.05) is 6.92 Å². The highest BCUT2D eigenvalue weighted by Gasteiger charge is 2.11. The predicted octanol–water partition coefficient (Wildman–Crippen LogP) is 2.55. The average molecular weight is 240 g/mol. The Morgan fingerprint density at radius 1 is 1.47 bits per heavy atom. The van der Waals surface area contributed by atoms with Gasteiger partial charge in [0.15, 0.2) is 5.82 Å². The van der Waals surface area contributed by atoms with E-state index >= 15 is 0 Å². The van der Waals surface area contributed by atoms with Crippen LogP contribution in [0.25, 0.3) is 0 Å². The second-order valence-electron chi connectivity index (χ2n) is 4.02. The normalized spacial score (nSPS) is 12.5. The lowest BCUT2D eigenvalue weighted by Gasteiger charge is -2.13. The molecule has 1 aromatic heterocycles. The van der Waals surface area contributed by atoms with Crippen molar-refractivity contribution in [1.82, 2.24) is 10.3 Å². The van der Waals surface area contributed by atoms with Gasteiger partial charge in [-0.05, 0) is 44.9 Å². The molecule has 96 valence electrons. The summed E-state index contributed by atoms with van der Waals surface area (Å²) in [7, 11) is 0. The van der Waals surface area contributed by atoms with Crippen molar-refractivity contribution >= 4 is 0 Å². The van der Waals surface area contributed by atoms with Crippen LogP contribution in [0.3, 0.4) is 0 Å². The molecule has 3 nitrogen and oxygen atoms in total. The molecule has 1 atom stereocenters. The number of aryl methyl sites for hydroxylation is 1. The van der Waals surface area contributed by atoms with Gasteiger partial charge in [-0.15, -0.1) is 0 Å². The van der Waals surface area contributed by atoms with Crippen molar-refractivity contribution in [2.75, 3.05) is 13.2 Å². The highest BCUT2D eigenvalue weighted by atomic mass is 19.1. The average Bonchev–Trinajstić information content (AvgIpc) is 2.31. The van der Waals surface area contributed by atoms with Gasteiger partial charge in [0.1, 0.15) is 0 Å².